The smallest absolute Gasteiger partial charge is 0.477 e. The second-order valence-corrected chi connectivity index (χ2v) is 8.32. The third-order valence-corrected chi connectivity index (χ3v) is 6.25. The SMILES string of the molecule is CCN(CC)S(=O)(=O)c1ccc(OCC(=O)Nc2ccc(OC(F)(F)F)cc2)c([N+](=O)[O-])c1. The highest BCUT2D eigenvalue weighted by Crippen LogP contribution is 2.31. The van der Waals surface area contributed by atoms with E-state index in [0.29, 0.717) is 0 Å². The Morgan fingerprint density at radius 3 is 2.24 bits per heavy atom. The van der Waals surface area contributed by atoms with Gasteiger partial charge in [0.05, 0.1) is 9.82 Å². The molecule has 180 valence electrons. The topological polar surface area (TPSA) is 128 Å². The number of nitro benzene ring substituents is 1. The number of nitrogens with zero attached hydrogens (tertiary/aromatic N) is 2. The maximum atomic E-state index is 12.6. The van der Waals surface area contributed by atoms with Crippen molar-refractivity contribution >= 4 is 27.3 Å². The van der Waals surface area contributed by atoms with Gasteiger partial charge in [-0.25, -0.2) is 8.42 Å². The Kier molecular flexibility index (Phi) is 8.22. The summed E-state index contributed by atoms with van der Waals surface area (Å²) in [7, 11) is -3.95. The summed E-state index contributed by atoms with van der Waals surface area (Å²) in [4.78, 5) is 22.3. The van der Waals surface area contributed by atoms with E-state index >= 15 is 0 Å². The highest BCUT2D eigenvalue weighted by atomic mass is 32.2. The average Bonchev–Trinajstić information content (AvgIpc) is 2.73. The van der Waals surface area contributed by atoms with Gasteiger partial charge in [-0.15, -0.1) is 13.2 Å². The Balaban J connectivity index is 2.10. The minimum Gasteiger partial charge on any atom is -0.477 e. The van der Waals surface area contributed by atoms with Crippen LogP contribution in [0.5, 0.6) is 11.5 Å². The summed E-state index contributed by atoms with van der Waals surface area (Å²) >= 11 is 0. The first kappa shape index (κ1) is 25.9. The van der Waals surface area contributed by atoms with Crippen LogP contribution in [0.3, 0.4) is 0 Å². The van der Waals surface area contributed by atoms with Crippen LogP contribution < -0.4 is 14.8 Å². The van der Waals surface area contributed by atoms with Gasteiger partial charge in [-0.3, -0.25) is 14.9 Å². The van der Waals surface area contributed by atoms with E-state index in [0.717, 1.165) is 46.8 Å². The maximum Gasteiger partial charge on any atom is 0.573 e. The number of amides is 1. The third-order valence-electron chi connectivity index (χ3n) is 4.20. The first-order chi connectivity index (χ1) is 15.4. The molecule has 1 amide bonds. The van der Waals surface area contributed by atoms with E-state index in [2.05, 4.69) is 10.1 Å². The lowest BCUT2D eigenvalue weighted by atomic mass is 10.3. The molecule has 0 aromatic heterocycles. The minimum absolute atomic E-state index is 0.133. The number of alkyl halides is 3. The highest BCUT2D eigenvalue weighted by molar-refractivity contribution is 7.89. The van der Waals surface area contributed by atoms with Crippen LogP contribution in [-0.4, -0.2) is 49.6 Å². The van der Waals surface area contributed by atoms with Gasteiger partial charge in [0, 0.05) is 24.8 Å². The molecule has 0 spiro atoms. The van der Waals surface area contributed by atoms with Crippen molar-refractivity contribution in [2.45, 2.75) is 25.1 Å². The molecule has 0 atom stereocenters. The number of hydrogen-bond acceptors (Lipinski definition) is 7. The molecule has 1 N–H and O–H groups in total. The van der Waals surface area contributed by atoms with E-state index in [1.165, 1.54) is 0 Å². The first-order valence-corrected chi connectivity index (χ1v) is 10.9. The second kappa shape index (κ2) is 10.5. The zero-order chi connectivity index (χ0) is 24.8. The van der Waals surface area contributed by atoms with Crippen LogP contribution in [0.4, 0.5) is 24.5 Å². The fourth-order valence-electron chi connectivity index (χ4n) is 2.72. The molecule has 2 aromatic rings. The molecule has 0 bridgehead atoms. The molecule has 2 rings (SSSR count). The van der Waals surface area contributed by atoms with Gasteiger partial charge in [0.15, 0.2) is 12.4 Å². The number of hydrogen-bond donors (Lipinski definition) is 1. The predicted octanol–water partition coefficient (Wildman–Crippen LogP) is 3.54. The van der Waals surface area contributed by atoms with Gasteiger partial charge in [-0.1, -0.05) is 13.8 Å². The Bertz CT molecular complexity index is 1100. The molecule has 0 saturated carbocycles. The Morgan fingerprint density at radius 2 is 1.73 bits per heavy atom. The molecule has 0 radical (unpaired) electrons. The molecular weight excluding hydrogens is 471 g/mol. The van der Waals surface area contributed by atoms with Gasteiger partial charge in [0.2, 0.25) is 10.0 Å². The molecule has 14 heteroatoms. The minimum atomic E-state index is -4.85. The van der Waals surface area contributed by atoms with Gasteiger partial charge in [-0.2, -0.15) is 4.31 Å². The predicted molar refractivity (Wildman–Crippen MR) is 110 cm³/mol. The molecule has 0 fully saturated rings. The molecule has 0 unspecified atom stereocenters. The second-order valence-electron chi connectivity index (χ2n) is 6.39. The van der Waals surface area contributed by atoms with Gasteiger partial charge in [0.1, 0.15) is 5.75 Å². The van der Waals surface area contributed by atoms with Crippen LogP contribution in [0.1, 0.15) is 13.8 Å². The van der Waals surface area contributed by atoms with Crippen molar-refractivity contribution in [2.24, 2.45) is 0 Å². The Hall–Kier alpha value is -3.39. The Labute approximate surface area is 187 Å². The average molecular weight is 491 g/mol. The number of benzene rings is 2. The van der Waals surface area contributed by atoms with E-state index in [1.807, 2.05) is 0 Å². The van der Waals surface area contributed by atoms with Crippen molar-refractivity contribution in [1.29, 1.82) is 0 Å². The largest absolute Gasteiger partial charge is 0.573 e. The third kappa shape index (κ3) is 7.05. The number of halogens is 3. The van der Waals surface area contributed by atoms with Crippen LogP contribution >= 0.6 is 0 Å². The van der Waals surface area contributed by atoms with Crippen LogP contribution in [0.15, 0.2) is 47.4 Å². The quantitative estimate of drug-likeness (QED) is 0.398. The van der Waals surface area contributed by atoms with E-state index in [9.17, 15) is 36.5 Å². The lowest BCUT2D eigenvalue weighted by Gasteiger charge is -2.18. The van der Waals surface area contributed by atoms with Crippen molar-refractivity contribution in [3.63, 3.8) is 0 Å². The number of nitrogens with one attached hydrogen (secondary N) is 1. The maximum absolute atomic E-state index is 12.6. The van der Waals surface area contributed by atoms with Gasteiger partial charge < -0.3 is 14.8 Å². The van der Waals surface area contributed by atoms with E-state index in [4.69, 9.17) is 4.74 Å². The van der Waals surface area contributed by atoms with Gasteiger partial charge in [-0.05, 0) is 36.4 Å². The lowest BCUT2D eigenvalue weighted by molar-refractivity contribution is -0.386. The van der Waals surface area contributed by atoms with Crippen LogP contribution in [0, 0.1) is 10.1 Å². The van der Waals surface area contributed by atoms with Crippen molar-refractivity contribution < 1.29 is 40.8 Å². The van der Waals surface area contributed by atoms with Crippen LogP contribution in [-0.2, 0) is 14.8 Å². The number of carbonyl (C=O) groups is 1. The summed E-state index contributed by atoms with van der Waals surface area (Å²) in [6.45, 7) is 2.93. The summed E-state index contributed by atoms with van der Waals surface area (Å²) in [5.74, 6) is -1.57. The summed E-state index contributed by atoms with van der Waals surface area (Å²) in [5.41, 5.74) is -0.516. The summed E-state index contributed by atoms with van der Waals surface area (Å²) in [5, 5.41) is 13.7. The van der Waals surface area contributed by atoms with Crippen molar-refractivity contribution in [1.82, 2.24) is 4.31 Å². The monoisotopic (exact) mass is 491 g/mol. The van der Waals surface area contributed by atoms with Crippen molar-refractivity contribution in [2.75, 3.05) is 25.0 Å². The summed E-state index contributed by atoms with van der Waals surface area (Å²) in [6, 6.07) is 7.36. The molecule has 0 aliphatic heterocycles. The lowest BCUT2D eigenvalue weighted by Crippen LogP contribution is -2.30. The summed E-state index contributed by atoms with van der Waals surface area (Å²) in [6.07, 6.45) is -4.85. The molecule has 0 aliphatic rings. The van der Waals surface area contributed by atoms with E-state index in [1.54, 1.807) is 13.8 Å². The first-order valence-electron chi connectivity index (χ1n) is 9.44. The number of nitro groups is 1. The molecule has 0 aliphatic carbocycles. The number of rotatable bonds is 10. The van der Waals surface area contributed by atoms with Crippen LogP contribution in [0.25, 0.3) is 0 Å². The number of sulfonamides is 1. The zero-order valence-corrected chi connectivity index (χ0v) is 18.3. The molecule has 2 aromatic carbocycles. The molecule has 33 heavy (non-hydrogen) atoms. The van der Waals surface area contributed by atoms with Crippen LogP contribution in [0.2, 0.25) is 0 Å². The van der Waals surface area contributed by atoms with Crippen molar-refractivity contribution in [3.8, 4) is 11.5 Å². The van der Waals surface area contributed by atoms with E-state index in [-0.39, 0.29) is 29.4 Å². The van der Waals surface area contributed by atoms with Gasteiger partial charge in [0.25, 0.3) is 5.91 Å². The normalized spacial score (nSPS) is 11.8. The van der Waals surface area contributed by atoms with E-state index < -0.39 is 45.3 Å². The molecule has 10 nitrogen and oxygen atoms in total. The highest BCUT2D eigenvalue weighted by Gasteiger charge is 2.31. The fourth-order valence-corrected chi connectivity index (χ4v) is 4.19. The number of carbonyl (C=O) groups excluding carboxylic acids is 1. The number of anilines is 1. The molecular formula is C19H20F3N3O7S. The Morgan fingerprint density at radius 1 is 1.12 bits per heavy atom. The van der Waals surface area contributed by atoms with Gasteiger partial charge >= 0.3 is 12.0 Å². The molecule has 0 heterocycles. The zero-order valence-electron chi connectivity index (χ0n) is 17.5. The standard InChI is InChI=1S/C19H20F3N3O7S/c1-3-24(4-2)33(29,30)15-9-10-17(16(11-15)25(27)28)31-12-18(26)23-13-5-7-14(8-6-13)32-19(20,21)22/h5-11H,3-4,12H2,1-2H3,(H,23,26). The summed E-state index contributed by atoms with van der Waals surface area (Å²) < 4.78 is 71.7. The fraction of sp³-hybridized carbons (Fsp3) is 0.316. The van der Waals surface area contributed by atoms with Crippen molar-refractivity contribution in [3.05, 3.63) is 52.6 Å². The molecule has 0 saturated heterocycles. The number of ether oxygens (including phenoxy) is 2.